The summed E-state index contributed by atoms with van der Waals surface area (Å²) in [5, 5.41) is 7.46. The summed E-state index contributed by atoms with van der Waals surface area (Å²) < 4.78 is 25.3. The number of ether oxygens (including phenoxy) is 1. The Morgan fingerprint density at radius 3 is 2.45 bits per heavy atom. The van der Waals surface area contributed by atoms with Crippen molar-refractivity contribution >= 4 is 21.8 Å². The largest absolute Gasteiger partial charge is 0.457 e. The van der Waals surface area contributed by atoms with Crippen LogP contribution < -0.4 is 4.74 Å². The van der Waals surface area contributed by atoms with E-state index in [1.807, 2.05) is 34.9 Å². The Bertz CT molecular complexity index is 2170. The maximum atomic E-state index is 14.4. The Hall–Kier alpha value is -4.71. The highest BCUT2D eigenvalue weighted by Crippen LogP contribution is 2.44. The quantitative estimate of drug-likeness (QED) is 0.138. The molecule has 1 aliphatic carbocycles. The number of allylic oxidation sites excluding steroid dienone is 2. The number of benzene rings is 3. The third kappa shape index (κ3) is 6.18. The topological polar surface area (TPSA) is 44.9 Å². The molecule has 0 spiro atoms. The van der Waals surface area contributed by atoms with E-state index < -0.39 is 0 Å². The van der Waals surface area contributed by atoms with Crippen LogP contribution in [0, 0.1) is 17.7 Å². The van der Waals surface area contributed by atoms with Crippen LogP contribution in [0.2, 0.25) is 0 Å². The van der Waals surface area contributed by atoms with Crippen LogP contribution in [0.5, 0.6) is 11.5 Å². The molecule has 0 saturated carbocycles. The van der Waals surface area contributed by atoms with E-state index in [2.05, 4.69) is 87.6 Å². The van der Waals surface area contributed by atoms with Crippen molar-refractivity contribution in [2.45, 2.75) is 86.0 Å². The van der Waals surface area contributed by atoms with Crippen LogP contribution in [-0.4, -0.2) is 19.3 Å². The Kier molecular flexibility index (Phi) is 9.15. The Morgan fingerprint density at radius 2 is 1.69 bits per heavy atom. The van der Waals surface area contributed by atoms with Gasteiger partial charge in [0.05, 0.1) is 22.4 Å². The van der Waals surface area contributed by atoms with E-state index in [1.165, 1.54) is 52.8 Å². The van der Waals surface area contributed by atoms with Crippen molar-refractivity contribution in [2.75, 3.05) is 0 Å². The highest BCUT2D eigenvalue weighted by molar-refractivity contribution is 6.09. The first-order valence-electron chi connectivity index (χ1n) is 18.1. The van der Waals surface area contributed by atoms with Gasteiger partial charge in [-0.25, -0.2) is 14.1 Å². The Balaban J connectivity index is 1.34. The predicted octanol–water partition coefficient (Wildman–Crippen LogP) is 11.5. The number of unbranched alkanes of at least 4 members (excludes halogenated alkanes) is 1. The van der Waals surface area contributed by atoms with Crippen LogP contribution in [-0.2, 0) is 19.3 Å². The summed E-state index contributed by atoms with van der Waals surface area (Å²) in [4.78, 5) is 4.53. The summed E-state index contributed by atoms with van der Waals surface area (Å²) in [6, 6.07) is 23.8. The van der Waals surface area contributed by atoms with E-state index in [4.69, 9.17) is 9.84 Å². The van der Waals surface area contributed by atoms with Gasteiger partial charge in [-0.15, -0.1) is 0 Å². The lowest BCUT2D eigenvalue weighted by atomic mass is 9.72. The van der Waals surface area contributed by atoms with Crippen LogP contribution in [0.1, 0.15) is 89.2 Å². The van der Waals surface area contributed by atoms with Crippen molar-refractivity contribution in [3.05, 3.63) is 119 Å². The molecular weight excluding hydrogens is 607 g/mol. The van der Waals surface area contributed by atoms with Crippen LogP contribution in [0.15, 0.2) is 90.6 Å². The number of para-hydroxylation sites is 1. The van der Waals surface area contributed by atoms with Gasteiger partial charge in [-0.05, 0) is 92.8 Å². The second-order valence-corrected chi connectivity index (χ2v) is 13.9. The maximum Gasteiger partial charge on any atom is 0.140 e. The standard InChI is InChI=1S/C43H47FN4O/c1-7-10-13-30-22-32(48-38(9-3)43(37(8-2)46-48)42-28(5)20-27(4)21-29(42)6)25-34(23-30)49-33-16-17-36-35-14-11-12-15-39(35)47(40(36)26-33)41-24-31(44)18-19-45-41/h11-12,14-20,22-27,29,42H,7-10,13,21H2,1-6H3/t27?,29-,42+/m0/s1. The molecule has 7 rings (SSSR count). The van der Waals surface area contributed by atoms with Gasteiger partial charge < -0.3 is 4.74 Å². The molecule has 5 nitrogen and oxygen atoms in total. The number of rotatable bonds is 10. The molecule has 1 unspecified atom stereocenters. The van der Waals surface area contributed by atoms with E-state index in [1.54, 1.807) is 0 Å². The Labute approximate surface area is 289 Å². The summed E-state index contributed by atoms with van der Waals surface area (Å²) in [6.45, 7) is 13.8. The Morgan fingerprint density at radius 1 is 0.878 bits per heavy atom. The number of aryl methyl sites for hydroxylation is 2. The molecule has 3 aromatic carbocycles. The average molecular weight is 655 g/mol. The van der Waals surface area contributed by atoms with Crippen LogP contribution in [0.3, 0.4) is 0 Å². The van der Waals surface area contributed by atoms with Gasteiger partial charge in [-0.1, -0.05) is 70.9 Å². The van der Waals surface area contributed by atoms with Gasteiger partial charge in [0.15, 0.2) is 0 Å². The van der Waals surface area contributed by atoms with Crippen molar-refractivity contribution < 1.29 is 9.13 Å². The molecule has 6 aromatic rings. The van der Waals surface area contributed by atoms with Crippen LogP contribution in [0.25, 0.3) is 33.3 Å². The van der Waals surface area contributed by atoms with E-state index in [-0.39, 0.29) is 5.82 Å². The first-order valence-corrected chi connectivity index (χ1v) is 18.1. The highest BCUT2D eigenvalue weighted by Gasteiger charge is 2.32. The molecular formula is C43H47FN4O. The number of pyridine rings is 1. The minimum absolute atomic E-state index is 0.321. The summed E-state index contributed by atoms with van der Waals surface area (Å²) in [5.74, 6) is 3.27. The minimum Gasteiger partial charge on any atom is -0.457 e. The maximum absolute atomic E-state index is 14.4. The molecule has 0 N–H and O–H groups in total. The third-order valence-corrected chi connectivity index (χ3v) is 10.3. The molecule has 0 fully saturated rings. The van der Waals surface area contributed by atoms with Gasteiger partial charge >= 0.3 is 0 Å². The van der Waals surface area contributed by atoms with Gasteiger partial charge in [-0.2, -0.15) is 5.10 Å². The molecule has 3 atom stereocenters. The zero-order valence-electron chi connectivity index (χ0n) is 29.6. The smallest absolute Gasteiger partial charge is 0.140 e. The van der Waals surface area contributed by atoms with Gasteiger partial charge in [0.2, 0.25) is 0 Å². The molecule has 1 aliphatic rings. The molecule has 0 amide bonds. The van der Waals surface area contributed by atoms with Gasteiger partial charge in [0.1, 0.15) is 23.1 Å². The number of fused-ring (bicyclic) bond motifs is 3. The lowest BCUT2D eigenvalue weighted by Crippen LogP contribution is -2.21. The molecule has 0 saturated heterocycles. The first kappa shape index (κ1) is 32.8. The SMILES string of the molecule is CCCCc1cc(Oc2ccc3c4ccccc4n(-c4cc(F)ccn4)c3c2)cc(-n2nc(CC)c([C@@H]3C(C)=CC(C)C[C@@H]3C)c2CC)c1. The third-order valence-electron chi connectivity index (χ3n) is 10.3. The van der Waals surface area contributed by atoms with Crippen molar-refractivity contribution in [1.29, 1.82) is 0 Å². The highest BCUT2D eigenvalue weighted by atomic mass is 19.1. The van der Waals surface area contributed by atoms with E-state index in [0.717, 1.165) is 65.3 Å². The molecule has 252 valence electrons. The second kappa shape index (κ2) is 13.7. The van der Waals surface area contributed by atoms with Crippen LogP contribution >= 0.6 is 0 Å². The first-order chi connectivity index (χ1) is 23.8. The fourth-order valence-electron chi connectivity index (χ4n) is 8.26. The van der Waals surface area contributed by atoms with Gasteiger partial charge in [-0.3, -0.25) is 4.57 Å². The normalized spacial score (nSPS) is 17.9. The fraction of sp³-hybridized carbons (Fsp3) is 0.349. The summed E-state index contributed by atoms with van der Waals surface area (Å²) in [6.07, 6.45) is 10.2. The monoisotopic (exact) mass is 654 g/mol. The molecule has 0 aliphatic heterocycles. The van der Waals surface area contributed by atoms with Crippen molar-refractivity contribution in [1.82, 2.24) is 19.3 Å². The molecule has 3 heterocycles. The van der Waals surface area contributed by atoms with Crippen molar-refractivity contribution in [2.24, 2.45) is 11.8 Å². The number of nitrogens with zero attached hydrogens (tertiary/aromatic N) is 4. The van der Waals surface area contributed by atoms with Crippen molar-refractivity contribution in [3.63, 3.8) is 0 Å². The van der Waals surface area contributed by atoms with E-state index in [9.17, 15) is 4.39 Å². The fourth-order valence-corrected chi connectivity index (χ4v) is 8.26. The predicted molar refractivity (Wildman–Crippen MR) is 199 cm³/mol. The lowest BCUT2D eigenvalue weighted by Gasteiger charge is -2.33. The molecule has 3 aromatic heterocycles. The molecule has 49 heavy (non-hydrogen) atoms. The lowest BCUT2D eigenvalue weighted by molar-refractivity contribution is 0.389. The van der Waals surface area contributed by atoms with E-state index >= 15 is 0 Å². The molecule has 0 radical (unpaired) electrons. The zero-order chi connectivity index (χ0) is 34.2. The average Bonchev–Trinajstić information content (AvgIpc) is 3.62. The number of hydrogen-bond donors (Lipinski definition) is 0. The number of hydrogen-bond acceptors (Lipinski definition) is 3. The second-order valence-electron chi connectivity index (χ2n) is 13.9. The minimum atomic E-state index is -0.321. The summed E-state index contributed by atoms with van der Waals surface area (Å²) >= 11 is 0. The summed E-state index contributed by atoms with van der Waals surface area (Å²) in [5.41, 5.74) is 9.54. The van der Waals surface area contributed by atoms with Gasteiger partial charge in [0, 0.05) is 52.3 Å². The van der Waals surface area contributed by atoms with Crippen LogP contribution in [0.4, 0.5) is 4.39 Å². The molecule has 6 heteroatoms. The molecule has 0 bridgehead atoms. The number of halogens is 1. The van der Waals surface area contributed by atoms with Gasteiger partial charge in [0.25, 0.3) is 0 Å². The van der Waals surface area contributed by atoms with E-state index in [0.29, 0.717) is 29.3 Å². The van der Waals surface area contributed by atoms with Crippen molar-refractivity contribution in [3.8, 4) is 23.0 Å². The zero-order valence-corrected chi connectivity index (χ0v) is 29.6. The summed E-state index contributed by atoms with van der Waals surface area (Å²) in [7, 11) is 0. The number of aromatic nitrogens is 4.